The molecule has 1 aliphatic carbocycles. The van der Waals surface area contributed by atoms with Gasteiger partial charge in [0.15, 0.2) is 0 Å². The molecule has 0 aliphatic heterocycles. The third-order valence-corrected chi connectivity index (χ3v) is 2.46. The van der Waals surface area contributed by atoms with Crippen molar-refractivity contribution in [3.05, 3.63) is 0 Å². The average molecular weight is 181 g/mol. The van der Waals surface area contributed by atoms with Crippen LogP contribution in [0.15, 0.2) is 0 Å². The van der Waals surface area contributed by atoms with E-state index in [-0.39, 0.29) is 12.0 Å². The van der Waals surface area contributed by atoms with E-state index in [2.05, 4.69) is 0 Å². The maximum Gasteiger partial charge on any atom is 0.243 e. The van der Waals surface area contributed by atoms with Crippen LogP contribution in [-0.4, -0.2) is 18.6 Å². The molecule has 0 aromatic rings. The Morgan fingerprint density at radius 2 is 1.92 bits per heavy atom. The van der Waals surface area contributed by atoms with E-state index in [1.165, 1.54) is 0 Å². The monoisotopic (exact) mass is 181 g/mol. The fraction of sp³-hybridized carbons (Fsp3) is 1.00. The molecule has 1 fully saturated rings. The van der Waals surface area contributed by atoms with Crippen LogP contribution in [0.2, 0.25) is 0 Å². The zero-order chi connectivity index (χ0) is 9.19. The van der Waals surface area contributed by atoms with Crippen molar-refractivity contribution in [3.8, 4) is 0 Å². The smallest absolute Gasteiger partial charge is 0.243 e. The van der Waals surface area contributed by atoms with Crippen LogP contribution >= 0.6 is 0 Å². The minimum absolute atomic E-state index is 0.213. The van der Waals surface area contributed by atoms with Gasteiger partial charge in [0.2, 0.25) is 6.43 Å². The summed E-state index contributed by atoms with van der Waals surface area (Å²) in [5.41, 5.74) is 5.45. The van der Waals surface area contributed by atoms with Gasteiger partial charge >= 0.3 is 0 Å². The Morgan fingerprint density at radius 1 is 1.33 bits per heavy atom. The number of rotatable bonds is 5. The van der Waals surface area contributed by atoms with Crippen molar-refractivity contribution < 1.29 is 13.2 Å². The molecule has 1 unspecified atom stereocenters. The molecule has 0 radical (unpaired) electrons. The van der Waals surface area contributed by atoms with E-state index in [9.17, 15) is 13.2 Å². The van der Waals surface area contributed by atoms with Gasteiger partial charge in [-0.2, -0.15) is 0 Å². The Labute approximate surface area is 70.1 Å². The van der Waals surface area contributed by atoms with Gasteiger partial charge in [0.1, 0.15) is 0 Å². The van der Waals surface area contributed by atoms with E-state index in [0.717, 1.165) is 12.8 Å². The highest BCUT2D eigenvalue weighted by molar-refractivity contribution is 4.98. The molecule has 1 saturated carbocycles. The third-order valence-electron chi connectivity index (χ3n) is 2.46. The van der Waals surface area contributed by atoms with Crippen LogP contribution in [0.4, 0.5) is 13.2 Å². The lowest BCUT2D eigenvalue weighted by atomic mass is 10.0. The highest BCUT2D eigenvalue weighted by Crippen LogP contribution is 2.38. The van der Waals surface area contributed by atoms with Gasteiger partial charge in [-0.05, 0) is 25.7 Å². The van der Waals surface area contributed by atoms with Gasteiger partial charge in [-0.3, -0.25) is 4.39 Å². The average Bonchev–Trinajstić information content (AvgIpc) is 2.69. The van der Waals surface area contributed by atoms with Crippen LogP contribution in [0.1, 0.15) is 25.7 Å². The summed E-state index contributed by atoms with van der Waals surface area (Å²) in [6, 6.07) is 0. The maximum atomic E-state index is 12.0. The molecule has 1 aliphatic rings. The molecule has 0 heterocycles. The molecular formula is C8H14F3N. The maximum absolute atomic E-state index is 12.0. The second kappa shape index (κ2) is 3.64. The minimum atomic E-state index is -2.54. The van der Waals surface area contributed by atoms with E-state index in [1.807, 2.05) is 0 Å². The molecule has 1 rings (SSSR count). The topological polar surface area (TPSA) is 26.0 Å². The van der Waals surface area contributed by atoms with E-state index >= 15 is 0 Å². The fourth-order valence-electron chi connectivity index (χ4n) is 1.15. The van der Waals surface area contributed by atoms with Gasteiger partial charge < -0.3 is 5.73 Å². The molecule has 72 valence electrons. The second-order valence-corrected chi connectivity index (χ2v) is 3.65. The molecule has 1 nitrogen and oxygen atoms in total. The van der Waals surface area contributed by atoms with E-state index < -0.39 is 19.0 Å². The molecule has 4 heteroatoms. The summed E-state index contributed by atoms with van der Waals surface area (Å²) in [5.74, 6) is -1.11. The Morgan fingerprint density at radius 3 is 2.25 bits per heavy atom. The van der Waals surface area contributed by atoms with Gasteiger partial charge in [0.25, 0.3) is 0 Å². The molecule has 0 aromatic carbocycles. The SMILES string of the molecule is NC1(CCC(CF)C(F)F)CC1. The summed E-state index contributed by atoms with van der Waals surface area (Å²) in [4.78, 5) is 0. The number of halogens is 3. The molecule has 0 saturated heterocycles. The first kappa shape index (κ1) is 9.84. The number of hydrogen-bond acceptors (Lipinski definition) is 1. The van der Waals surface area contributed by atoms with Crippen molar-refractivity contribution in [3.63, 3.8) is 0 Å². The van der Waals surface area contributed by atoms with Crippen molar-refractivity contribution in [1.82, 2.24) is 0 Å². The van der Waals surface area contributed by atoms with Crippen molar-refractivity contribution in [2.45, 2.75) is 37.6 Å². The van der Waals surface area contributed by atoms with Crippen LogP contribution in [0, 0.1) is 5.92 Å². The standard InChI is InChI=1S/C8H14F3N/c9-5-6(7(10)11)1-2-8(12)3-4-8/h6-7H,1-5,12H2. The number of nitrogens with two attached hydrogens (primary N) is 1. The lowest BCUT2D eigenvalue weighted by Gasteiger charge is -2.14. The quantitative estimate of drug-likeness (QED) is 0.690. The fourth-order valence-corrected chi connectivity index (χ4v) is 1.15. The van der Waals surface area contributed by atoms with E-state index in [1.54, 1.807) is 0 Å². The normalized spacial score (nSPS) is 22.8. The molecule has 1 atom stereocenters. The summed E-state index contributed by atoms with van der Waals surface area (Å²) in [6.45, 7) is -0.937. The lowest BCUT2D eigenvalue weighted by molar-refractivity contribution is 0.0554. The molecule has 2 N–H and O–H groups in total. The Bertz CT molecular complexity index is 145. The van der Waals surface area contributed by atoms with Crippen molar-refractivity contribution >= 4 is 0 Å². The van der Waals surface area contributed by atoms with Crippen LogP contribution in [0.25, 0.3) is 0 Å². The van der Waals surface area contributed by atoms with Gasteiger partial charge in [-0.1, -0.05) is 0 Å². The van der Waals surface area contributed by atoms with Gasteiger partial charge in [0, 0.05) is 11.5 Å². The summed E-state index contributed by atoms with van der Waals surface area (Å²) in [6.07, 6.45) is -0.00138. The summed E-state index contributed by atoms with van der Waals surface area (Å²) >= 11 is 0. The highest BCUT2D eigenvalue weighted by atomic mass is 19.3. The van der Waals surface area contributed by atoms with Crippen molar-refractivity contribution in [2.75, 3.05) is 6.67 Å². The second-order valence-electron chi connectivity index (χ2n) is 3.65. The number of hydrogen-bond donors (Lipinski definition) is 1. The van der Waals surface area contributed by atoms with E-state index in [0.29, 0.717) is 6.42 Å². The summed E-state index contributed by atoms with van der Waals surface area (Å²) < 4.78 is 36.0. The molecule has 0 aromatic heterocycles. The largest absolute Gasteiger partial charge is 0.325 e. The first-order valence-corrected chi connectivity index (χ1v) is 4.20. The third kappa shape index (κ3) is 2.66. The first-order chi connectivity index (χ1) is 5.57. The summed E-state index contributed by atoms with van der Waals surface area (Å²) in [5, 5.41) is 0. The Balaban J connectivity index is 2.19. The van der Waals surface area contributed by atoms with Crippen LogP contribution in [0.3, 0.4) is 0 Å². The lowest BCUT2D eigenvalue weighted by Crippen LogP contribution is -2.24. The number of alkyl halides is 3. The van der Waals surface area contributed by atoms with Gasteiger partial charge in [-0.25, -0.2) is 8.78 Å². The first-order valence-electron chi connectivity index (χ1n) is 4.20. The Kier molecular flexibility index (Phi) is 2.99. The van der Waals surface area contributed by atoms with Crippen molar-refractivity contribution in [2.24, 2.45) is 11.7 Å². The van der Waals surface area contributed by atoms with Crippen molar-refractivity contribution in [1.29, 1.82) is 0 Å². The van der Waals surface area contributed by atoms with Crippen LogP contribution in [-0.2, 0) is 0 Å². The molecule has 0 bridgehead atoms. The molecular weight excluding hydrogens is 167 g/mol. The zero-order valence-electron chi connectivity index (χ0n) is 6.90. The summed E-state index contributed by atoms with van der Waals surface area (Å²) in [7, 11) is 0. The highest BCUT2D eigenvalue weighted by Gasteiger charge is 2.38. The molecule has 0 amide bonds. The zero-order valence-corrected chi connectivity index (χ0v) is 6.90. The van der Waals surface area contributed by atoms with E-state index in [4.69, 9.17) is 5.73 Å². The van der Waals surface area contributed by atoms with Crippen LogP contribution in [0.5, 0.6) is 0 Å². The predicted molar refractivity (Wildman–Crippen MR) is 40.9 cm³/mol. The minimum Gasteiger partial charge on any atom is -0.325 e. The molecule has 12 heavy (non-hydrogen) atoms. The predicted octanol–water partition coefficient (Wildman–Crippen LogP) is 2.11. The Hall–Kier alpha value is -0.250. The van der Waals surface area contributed by atoms with Gasteiger partial charge in [-0.15, -0.1) is 0 Å². The van der Waals surface area contributed by atoms with Crippen LogP contribution < -0.4 is 5.73 Å². The molecule has 0 spiro atoms. The van der Waals surface area contributed by atoms with Gasteiger partial charge in [0.05, 0.1) is 6.67 Å².